The van der Waals surface area contributed by atoms with Crippen molar-refractivity contribution in [2.24, 2.45) is 0 Å². The predicted octanol–water partition coefficient (Wildman–Crippen LogP) is 3.30. The van der Waals surface area contributed by atoms with Crippen molar-refractivity contribution in [2.45, 2.75) is 12.5 Å². The molecule has 176 valence electrons. The Kier molecular flexibility index (Phi) is 5.47. The van der Waals surface area contributed by atoms with Crippen molar-refractivity contribution < 1.29 is 14.3 Å². The van der Waals surface area contributed by atoms with Crippen molar-refractivity contribution in [1.29, 1.82) is 0 Å². The van der Waals surface area contributed by atoms with Crippen LogP contribution in [0, 0.1) is 0 Å². The van der Waals surface area contributed by atoms with Crippen LogP contribution in [0.5, 0.6) is 5.75 Å². The summed E-state index contributed by atoms with van der Waals surface area (Å²) >= 11 is 0. The molecule has 2 aromatic carbocycles. The van der Waals surface area contributed by atoms with Crippen molar-refractivity contribution in [3.63, 3.8) is 0 Å². The average molecular weight is 470 g/mol. The van der Waals surface area contributed by atoms with Gasteiger partial charge in [0.15, 0.2) is 18.2 Å². The molecule has 1 fully saturated rings. The van der Waals surface area contributed by atoms with Crippen LogP contribution in [0.15, 0.2) is 67.0 Å². The molecule has 10 nitrogen and oxygen atoms in total. The van der Waals surface area contributed by atoms with E-state index in [0.717, 1.165) is 34.1 Å². The minimum absolute atomic E-state index is 0.0549. The Morgan fingerprint density at radius 1 is 1.20 bits per heavy atom. The Morgan fingerprint density at radius 2 is 2.17 bits per heavy atom. The summed E-state index contributed by atoms with van der Waals surface area (Å²) in [6, 6.07) is 17.3. The Labute approximate surface area is 200 Å². The molecule has 0 spiro atoms. The van der Waals surface area contributed by atoms with Gasteiger partial charge in [0, 0.05) is 29.4 Å². The van der Waals surface area contributed by atoms with Gasteiger partial charge in [0.2, 0.25) is 0 Å². The molecular weight excluding hydrogens is 446 g/mol. The molecule has 35 heavy (non-hydrogen) atoms. The number of aromatic nitrogens is 5. The zero-order chi connectivity index (χ0) is 23.6. The van der Waals surface area contributed by atoms with Crippen LogP contribution in [-0.4, -0.2) is 56.6 Å². The molecule has 0 unspecified atom stereocenters. The predicted molar refractivity (Wildman–Crippen MR) is 131 cm³/mol. The number of fused-ring (bicyclic) bond motifs is 2. The van der Waals surface area contributed by atoms with Gasteiger partial charge in [-0.05, 0) is 48.9 Å². The Balaban J connectivity index is 1.23. The summed E-state index contributed by atoms with van der Waals surface area (Å²) < 4.78 is 12.8. The van der Waals surface area contributed by atoms with Crippen LogP contribution in [0.2, 0.25) is 0 Å². The summed E-state index contributed by atoms with van der Waals surface area (Å²) in [7, 11) is 0. The first-order valence-corrected chi connectivity index (χ1v) is 11.4. The van der Waals surface area contributed by atoms with E-state index in [1.54, 1.807) is 10.7 Å². The van der Waals surface area contributed by atoms with E-state index < -0.39 is 0 Å². The van der Waals surface area contributed by atoms with E-state index in [2.05, 4.69) is 25.9 Å². The van der Waals surface area contributed by atoms with Crippen molar-refractivity contribution in [2.75, 3.05) is 25.1 Å². The second-order valence-corrected chi connectivity index (χ2v) is 8.36. The number of nitrogens with zero attached hydrogens (tertiary/aromatic N) is 4. The van der Waals surface area contributed by atoms with Crippen molar-refractivity contribution in [1.82, 2.24) is 30.1 Å². The standard InChI is InChI=1S/C25H23N7O3/c33-23(27-19-8-10-34-14-19)15-35-20-4-1-3-16(12-20)24-29-25(22-5-2-9-32(22)31-24)28-18-6-7-21-17(11-18)13-26-30-21/h1-7,9,11-13,19H,8,10,14-15H2,(H,26,30)(H,27,33)(H,28,29,31)/t19-/m0/s1. The summed E-state index contributed by atoms with van der Waals surface area (Å²) in [5, 5.41) is 19.0. The van der Waals surface area contributed by atoms with Gasteiger partial charge in [0.1, 0.15) is 11.3 Å². The van der Waals surface area contributed by atoms with Crippen LogP contribution in [0.4, 0.5) is 11.5 Å². The number of aromatic amines is 1. The van der Waals surface area contributed by atoms with Crippen LogP contribution in [0.3, 0.4) is 0 Å². The van der Waals surface area contributed by atoms with Gasteiger partial charge in [-0.25, -0.2) is 9.50 Å². The highest BCUT2D eigenvalue weighted by Crippen LogP contribution is 2.27. The van der Waals surface area contributed by atoms with Crippen LogP contribution in [0.25, 0.3) is 27.8 Å². The SMILES string of the molecule is O=C(COc1cccc(-c2nc(Nc3ccc4[nH]ncc4c3)c3cccn3n2)c1)N[C@H]1CCOC1. The second kappa shape index (κ2) is 9.07. The number of benzene rings is 2. The van der Waals surface area contributed by atoms with Crippen molar-refractivity contribution in [3.8, 4) is 17.1 Å². The highest BCUT2D eigenvalue weighted by molar-refractivity contribution is 5.84. The lowest BCUT2D eigenvalue weighted by molar-refractivity contribution is -0.123. The van der Waals surface area contributed by atoms with Gasteiger partial charge in [0.25, 0.3) is 5.91 Å². The monoisotopic (exact) mass is 469 g/mol. The smallest absolute Gasteiger partial charge is 0.258 e. The first kappa shape index (κ1) is 21.1. The van der Waals surface area contributed by atoms with Crippen LogP contribution in [0.1, 0.15) is 6.42 Å². The first-order chi connectivity index (χ1) is 17.2. The number of amides is 1. The van der Waals surface area contributed by atoms with Gasteiger partial charge in [-0.2, -0.15) is 5.10 Å². The molecule has 6 rings (SSSR count). The van der Waals surface area contributed by atoms with E-state index in [9.17, 15) is 4.79 Å². The van der Waals surface area contributed by atoms with Crippen LogP contribution >= 0.6 is 0 Å². The number of hydrogen-bond donors (Lipinski definition) is 3. The molecule has 1 atom stereocenters. The number of H-pyrrole nitrogens is 1. The molecule has 0 aliphatic carbocycles. The molecule has 1 amide bonds. The molecule has 0 bridgehead atoms. The van der Waals surface area contributed by atoms with Crippen molar-refractivity contribution in [3.05, 3.63) is 67.0 Å². The third kappa shape index (κ3) is 4.51. The van der Waals surface area contributed by atoms with Gasteiger partial charge in [0.05, 0.1) is 24.4 Å². The summed E-state index contributed by atoms with van der Waals surface area (Å²) in [5.74, 6) is 1.60. The van der Waals surface area contributed by atoms with Gasteiger partial charge in [-0.3, -0.25) is 9.89 Å². The molecule has 4 heterocycles. The molecule has 0 radical (unpaired) electrons. The maximum atomic E-state index is 12.2. The summed E-state index contributed by atoms with van der Waals surface area (Å²) in [4.78, 5) is 17.0. The van der Waals surface area contributed by atoms with E-state index in [-0.39, 0.29) is 18.6 Å². The lowest BCUT2D eigenvalue weighted by Crippen LogP contribution is -2.38. The van der Waals surface area contributed by atoms with Gasteiger partial charge < -0.3 is 20.1 Å². The fraction of sp³-hybridized carbons (Fsp3) is 0.200. The fourth-order valence-electron chi connectivity index (χ4n) is 4.10. The minimum atomic E-state index is -0.169. The van der Waals surface area contributed by atoms with Gasteiger partial charge in [-0.15, -0.1) is 5.10 Å². The number of hydrogen-bond acceptors (Lipinski definition) is 7. The number of anilines is 2. The number of carbonyl (C=O) groups is 1. The van der Waals surface area contributed by atoms with E-state index in [4.69, 9.17) is 14.5 Å². The molecule has 1 saturated heterocycles. The Hall–Kier alpha value is -4.44. The normalized spacial score (nSPS) is 15.5. The fourth-order valence-corrected chi connectivity index (χ4v) is 4.10. The highest BCUT2D eigenvalue weighted by Gasteiger charge is 2.18. The maximum absolute atomic E-state index is 12.2. The maximum Gasteiger partial charge on any atom is 0.258 e. The highest BCUT2D eigenvalue weighted by atomic mass is 16.5. The third-order valence-electron chi connectivity index (χ3n) is 5.85. The molecule has 10 heteroatoms. The zero-order valence-corrected chi connectivity index (χ0v) is 18.8. The number of carbonyl (C=O) groups excluding carboxylic acids is 1. The first-order valence-electron chi connectivity index (χ1n) is 11.4. The minimum Gasteiger partial charge on any atom is -0.484 e. The molecule has 5 aromatic rings. The quantitative estimate of drug-likeness (QED) is 0.335. The lowest BCUT2D eigenvalue weighted by Gasteiger charge is -2.12. The average Bonchev–Trinajstić information content (AvgIpc) is 3.64. The zero-order valence-electron chi connectivity index (χ0n) is 18.8. The topological polar surface area (TPSA) is 118 Å². The summed E-state index contributed by atoms with van der Waals surface area (Å²) in [6.07, 6.45) is 4.49. The molecular formula is C25H23N7O3. The third-order valence-corrected chi connectivity index (χ3v) is 5.85. The number of rotatable bonds is 7. The second-order valence-electron chi connectivity index (χ2n) is 8.36. The van der Waals surface area contributed by atoms with E-state index >= 15 is 0 Å². The van der Waals surface area contributed by atoms with Gasteiger partial charge >= 0.3 is 0 Å². The molecule has 0 saturated carbocycles. The Morgan fingerprint density at radius 3 is 3.09 bits per heavy atom. The lowest BCUT2D eigenvalue weighted by atomic mass is 10.2. The molecule has 1 aliphatic heterocycles. The molecule has 1 aliphatic rings. The Bertz CT molecular complexity index is 1500. The number of ether oxygens (including phenoxy) is 2. The summed E-state index contributed by atoms with van der Waals surface area (Å²) in [5.41, 5.74) is 3.48. The van der Waals surface area contributed by atoms with Crippen molar-refractivity contribution >= 4 is 33.8 Å². The molecule has 3 aromatic heterocycles. The largest absolute Gasteiger partial charge is 0.484 e. The van der Waals surface area contributed by atoms with Crippen LogP contribution < -0.4 is 15.4 Å². The molecule has 3 N–H and O–H groups in total. The number of nitrogens with one attached hydrogen (secondary N) is 3. The van der Waals surface area contributed by atoms with E-state index in [1.165, 1.54) is 0 Å². The van der Waals surface area contributed by atoms with E-state index in [0.29, 0.717) is 30.6 Å². The van der Waals surface area contributed by atoms with E-state index in [1.807, 2.05) is 60.8 Å². The van der Waals surface area contributed by atoms with Crippen LogP contribution in [-0.2, 0) is 9.53 Å². The van der Waals surface area contributed by atoms with Gasteiger partial charge in [-0.1, -0.05) is 12.1 Å². The summed E-state index contributed by atoms with van der Waals surface area (Å²) in [6.45, 7) is 1.15.